The van der Waals surface area contributed by atoms with Gasteiger partial charge in [-0.15, -0.1) is 0 Å². The second-order valence-corrected chi connectivity index (χ2v) is 7.40. The van der Waals surface area contributed by atoms with Gasteiger partial charge in [0.15, 0.2) is 0 Å². The molecule has 3 rings (SSSR count). The van der Waals surface area contributed by atoms with Gasteiger partial charge in [-0.1, -0.05) is 13.0 Å². The minimum atomic E-state index is 0.0353. The first kappa shape index (κ1) is 18.7. The van der Waals surface area contributed by atoms with Crippen LogP contribution >= 0.6 is 0 Å². The van der Waals surface area contributed by atoms with E-state index in [2.05, 4.69) is 22.2 Å². The fourth-order valence-electron chi connectivity index (χ4n) is 3.92. The molecule has 7 nitrogen and oxygen atoms in total. The highest BCUT2D eigenvalue weighted by molar-refractivity contribution is 5.94. The van der Waals surface area contributed by atoms with Crippen LogP contribution < -0.4 is 0 Å². The number of likely N-dealkylation sites (tertiary alicyclic amines) is 1. The average Bonchev–Trinajstić information content (AvgIpc) is 3.11. The molecule has 26 heavy (non-hydrogen) atoms. The summed E-state index contributed by atoms with van der Waals surface area (Å²) in [5.41, 5.74) is 0. The van der Waals surface area contributed by atoms with E-state index in [4.69, 9.17) is 0 Å². The first-order chi connectivity index (χ1) is 12.6. The monoisotopic (exact) mass is 361 g/mol. The molecule has 2 saturated heterocycles. The summed E-state index contributed by atoms with van der Waals surface area (Å²) in [6.07, 6.45) is 7.52. The number of likely N-dealkylation sites (N-methyl/N-ethyl adjacent to an activating group) is 1. The Morgan fingerprint density at radius 2 is 1.85 bits per heavy atom. The van der Waals surface area contributed by atoms with Crippen LogP contribution in [0.1, 0.15) is 32.6 Å². The van der Waals surface area contributed by atoms with Crippen LogP contribution in [0.25, 0.3) is 0 Å². The van der Waals surface area contributed by atoms with Gasteiger partial charge in [-0.05, 0) is 25.3 Å². The fraction of sp³-hybridized carbons (Fsp3) is 0.737. The molecule has 1 atom stereocenters. The Labute approximate surface area is 156 Å². The second-order valence-electron chi connectivity index (χ2n) is 7.40. The standard InChI is InChI=1S/C19H31N5O2/c1-3-18(25)22-10-4-5-11-23(14-13-22)19(26)16-8-12-24(15-16)17-7-6-9-21(2)20-17/h6-7,16H,3-5,8-15H2,1-2H3. The minimum Gasteiger partial charge on any atom is -0.354 e. The van der Waals surface area contributed by atoms with E-state index in [-0.39, 0.29) is 17.7 Å². The first-order valence-electron chi connectivity index (χ1n) is 9.86. The van der Waals surface area contributed by atoms with Gasteiger partial charge in [-0.2, -0.15) is 5.10 Å². The molecule has 2 amide bonds. The van der Waals surface area contributed by atoms with E-state index in [0.717, 1.165) is 57.8 Å². The first-order valence-corrected chi connectivity index (χ1v) is 9.86. The van der Waals surface area contributed by atoms with Gasteiger partial charge >= 0.3 is 0 Å². The minimum absolute atomic E-state index is 0.0353. The maximum Gasteiger partial charge on any atom is 0.227 e. The van der Waals surface area contributed by atoms with E-state index in [0.29, 0.717) is 19.5 Å². The van der Waals surface area contributed by atoms with Crippen molar-refractivity contribution in [1.82, 2.24) is 19.7 Å². The Hall–Kier alpha value is -2.05. The largest absolute Gasteiger partial charge is 0.354 e. The highest BCUT2D eigenvalue weighted by Gasteiger charge is 2.33. The van der Waals surface area contributed by atoms with Crippen molar-refractivity contribution in [3.05, 3.63) is 12.2 Å². The van der Waals surface area contributed by atoms with Crippen molar-refractivity contribution in [2.24, 2.45) is 11.0 Å². The lowest BCUT2D eigenvalue weighted by Gasteiger charge is -2.32. The third-order valence-electron chi connectivity index (χ3n) is 5.48. The van der Waals surface area contributed by atoms with E-state index in [1.807, 2.05) is 28.8 Å². The SMILES string of the molecule is CCC(=O)N1CCCCN(C(=O)C2CCN(C3=NN(C)CC=C3)C2)CC1. The van der Waals surface area contributed by atoms with Crippen molar-refractivity contribution in [3.63, 3.8) is 0 Å². The summed E-state index contributed by atoms with van der Waals surface area (Å²) in [4.78, 5) is 31.1. The van der Waals surface area contributed by atoms with Crippen LogP contribution in [0.4, 0.5) is 0 Å². The van der Waals surface area contributed by atoms with Gasteiger partial charge in [0.25, 0.3) is 0 Å². The summed E-state index contributed by atoms with van der Waals surface area (Å²) in [5, 5.41) is 6.48. The van der Waals surface area contributed by atoms with E-state index in [9.17, 15) is 9.59 Å². The van der Waals surface area contributed by atoms with Gasteiger partial charge in [0.1, 0.15) is 5.84 Å². The zero-order valence-corrected chi connectivity index (χ0v) is 16.1. The van der Waals surface area contributed by atoms with E-state index < -0.39 is 0 Å². The highest BCUT2D eigenvalue weighted by Crippen LogP contribution is 2.21. The number of amides is 2. The molecule has 0 N–H and O–H groups in total. The quantitative estimate of drug-likeness (QED) is 0.736. The molecule has 7 heteroatoms. The summed E-state index contributed by atoms with van der Waals surface area (Å²) >= 11 is 0. The van der Waals surface area contributed by atoms with Crippen LogP contribution in [-0.2, 0) is 9.59 Å². The van der Waals surface area contributed by atoms with Crippen molar-refractivity contribution in [2.75, 3.05) is 52.9 Å². The van der Waals surface area contributed by atoms with Crippen LogP contribution in [0.3, 0.4) is 0 Å². The number of hydrogen-bond acceptors (Lipinski definition) is 5. The predicted octanol–water partition coefficient (Wildman–Crippen LogP) is 0.984. The summed E-state index contributed by atoms with van der Waals surface area (Å²) in [5.74, 6) is 1.43. The molecule has 0 aromatic heterocycles. The zero-order chi connectivity index (χ0) is 18.5. The van der Waals surface area contributed by atoms with Crippen LogP contribution in [0, 0.1) is 5.92 Å². The second kappa shape index (κ2) is 8.56. The molecule has 2 fully saturated rings. The Morgan fingerprint density at radius 1 is 1.12 bits per heavy atom. The maximum atomic E-state index is 13.0. The number of carbonyl (C=O) groups is 2. The van der Waals surface area contributed by atoms with E-state index >= 15 is 0 Å². The molecular weight excluding hydrogens is 330 g/mol. The summed E-state index contributed by atoms with van der Waals surface area (Å²) in [7, 11) is 1.96. The number of rotatable bonds is 2. The van der Waals surface area contributed by atoms with Crippen molar-refractivity contribution < 1.29 is 9.59 Å². The number of carbonyl (C=O) groups excluding carboxylic acids is 2. The Balaban J connectivity index is 1.57. The number of amidine groups is 1. The third kappa shape index (κ3) is 4.37. The summed E-state index contributed by atoms with van der Waals surface area (Å²) in [6, 6.07) is 0. The van der Waals surface area contributed by atoms with Gasteiger partial charge in [0, 0.05) is 52.7 Å². The molecular formula is C19H31N5O2. The van der Waals surface area contributed by atoms with Gasteiger partial charge in [-0.3, -0.25) is 14.6 Å². The highest BCUT2D eigenvalue weighted by atomic mass is 16.2. The molecule has 1 unspecified atom stereocenters. The normalized spacial score (nSPS) is 24.4. The topological polar surface area (TPSA) is 59.5 Å². The van der Waals surface area contributed by atoms with Crippen molar-refractivity contribution >= 4 is 17.6 Å². The average molecular weight is 361 g/mol. The molecule has 144 valence electrons. The fourth-order valence-corrected chi connectivity index (χ4v) is 3.92. The van der Waals surface area contributed by atoms with E-state index in [1.54, 1.807) is 0 Å². The summed E-state index contributed by atoms with van der Waals surface area (Å²) < 4.78 is 0. The van der Waals surface area contributed by atoms with Crippen LogP contribution in [0.15, 0.2) is 17.3 Å². The molecule has 0 aromatic carbocycles. The Kier molecular flexibility index (Phi) is 6.16. The number of hydrazone groups is 1. The maximum absolute atomic E-state index is 13.0. The van der Waals surface area contributed by atoms with Crippen LogP contribution in [0.2, 0.25) is 0 Å². The van der Waals surface area contributed by atoms with Crippen molar-refractivity contribution in [3.8, 4) is 0 Å². The molecule has 3 aliphatic rings. The van der Waals surface area contributed by atoms with Gasteiger partial charge < -0.3 is 14.7 Å². The molecule has 3 heterocycles. The molecule has 0 aromatic rings. The predicted molar refractivity (Wildman–Crippen MR) is 102 cm³/mol. The lowest BCUT2D eigenvalue weighted by Crippen LogP contribution is -2.46. The van der Waals surface area contributed by atoms with Crippen LogP contribution in [-0.4, -0.2) is 90.2 Å². The molecule has 0 saturated carbocycles. The molecule has 3 aliphatic heterocycles. The molecule has 0 bridgehead atoms. The smallest absolute Gasteiger partial charge is 0.227 e. The van der Waals surface area contributed by atoms with Gasteiger partial charge in [-0.25, -0.2) is 0 Å². The Morgan fingerprint density at radius 3 is 2.58 bits per heavy atom. The van der Waals surface area contributed by atoms with E-state index in [1.165, 1.54) is 0 Å². The number of hydrogen-bond donors (Lipinski definition) is 0. The van der Waals surface area contributed by atoms with Crippen LogP contribution in [0.5, 0.6) is 0 Å². The Bertz CT molecular complexity index is 588. The lowest BCUT2D eigenvalue weighted by atomic mass is 10.1. The number of nitrogens with zero attached hydrogens (tertiary/aromatic N) is 5. The van der Waals surface area contributed by atoms with Crippen molar-refractivity contribution in [1.29, 1.82) is 0 Å². The lowest BCUT2D eigenvalue weighted by molar-refractivity contribution is -0.138. The van der Waals surface area contributed by atoms with Gasteiger partial charge in [0.05, 0.1) is 12.5 Å². The summed E-state index contributed by atoms with van der Waals surface area (Å²) in [6.45, 7) is 7.31. The molecule has 0 radical (unpaired) electrons. The van der Waals surface area contributed by atoms with Gasteiger partial charge in [0.2, 0.25) is 11.8 Å². The third-order valence-corrected chi connectivity index (χ3v) is 5.48. The zero-order valence-electron chi connectivity index (χ0n) is 16.1. The van der Waals surface area contributed by atoms with Crippen molar-refractivity contribution in [2.45, 2.75) is 32.6 Å². The molecule has 0 aliphatic carbocycles. The molecule has 0 spiro atoms.